The van der Waals surface area contributed by atoms with E-state index in [1.165, 1.54) is 11.1 Å². The molecule has 1 aromatic rings. The van der Waals surface area contributed by atoms with Gasteiger partial charge >= 0.3 is 0 Å². The summed E-state index contributed by atoms with van der Waals surface area (Å²) in [6, 6.07) is 4.32. The van der Waals surface area contributed by atoms with Crippen LogP contribution in [0.1, 0.15) is 11.1 Å². The van der Waals surface area contributed by atoms with Gasteiger partial charge in [0.05, 0.1) is 0 Å². The molecule has 1 aliphatic heterocycles. The van der Waals surface area contributed by atoms with Gasteiger partial charge in [-0.1, -0.05) is 6.07 Å². The maximum Gasteiger partial charge on any atom is 0.231 e. The molecule has 1 aliphatic carbocycles. The van der Waals surface area contributed by atoms with Crippen LogP contribution in [0.2, 0.25) is 0 Å². The Morgan fingerprint density at radius 3 is 3.08 bits per heavy atom. The van der Waals surface area contributed by atoms with Crippen LogP contribution in [0.5, 0.6) is 11.5 Å². The number of ether oxygens (including phenoxy) is 2. The molecule has 0 radical (unpaired) electrons. The van der Waals surface area contributed by atoms with Gasteiger partial charge in [-0.3, -0.25) is 0 Å². The molecule has 0 aromatic heterocycles. The lowest BCUT2D eigenvalue weighted by atomic mass is 10.1. The molecule has 3 heteroatoms. The van der Waals surface area contributed by atoms with E-state index < -0.39 is 0 Å². The van der Waals surface area contributed by atoms with Crippen molar-refractivity contribution < 1.29 is 9.47 Å². The highest BCUT2D eigenvalue weighted by Gasteiger charge is 2.26. The molecule has 2 N–H and O–H groups in total. The highest BCUT2D eigenvalue weighted by molar-refractivity contribution is 5.54. The number of nitrogens with two attached hydrogens (primary N) is 1. The number of hydrogen-bond donors (Lipinski definition) is 1. The molecule has 13 heavy (non-hydrogen) atoms. The van der Waals surface area contributed by atoms with Crippen LogP contribution in [0.4, 0.5) is 0 Å². The largest absolute Gasteiger partial charge is 0.454 e. The van der Waals surface area contributed by atoms with E-state index in [0.29, 0.717) is 6.79 Å². The van der Waals surface area contributed by atoms with Crippen LogP contribution in [0.15, 0.2) is 12.1 Å². The van der Waals surface area contributed by atoms with Gasteiger partial charge in [0.15, 0.2) is 11.5 Å². The zero-order chi connectivity index (χ0) is 8.84. The van der Waals surface area contributed by atoms with Crippen molar-refractivity contribution in [3.8, 4) is 11.5 Å². The fraction of sp³-hybridized carbons (Fsp3) is 0.400. The molecular weight excluding hydrogens is 166 g/mol. The van der Waals surface area contributed by atoms with Crippen molar-refractivity contribution >= 4 is 0 Å². The average molecular weight is 177 g/mol. The van der Waals surface area contributed by atoms with Crippen LogP contribution in [-0.4, -0.2) is 12.8 Å². The Hall–Kier alpha value is -1.22. The fourth-order valence-corrected chi connectivity index (χ4v) is 2.10. The summed E-state index contributed by atoms with van der Waals surface area (Å²) in [7, 11) is 0. The summed E-state index contributed by atoms with van der Waals surface area (Å²) < 4.78 is 10.7. The Morgan fingerprint density at radius 1 is 1.23 bits per heavy atom. The first-order valence-corrected chi connectivity index (χ1v) is 4.50. The SMILES string of the molecule is NC1Cc2ccc3c(c2C1)OCO3. The zero-order valence-corrected chi connectivity index (χ0v) is 7.25. The number of rotatable bonds is 0. The molecule has 0 saturated carbocycles. The maximum absolute atomic E-state index is 5.88. The molecule has 0 bridgehead atoms. The van der Waals surface area contributed by atoms with Gasteiger partial charge in [0.25, 0.3) is 0 Å². The molecule has 0 amide bonds. The summed E-state index contributed by atoms with van der Waals surface area (Å²) in [4.78, 5) is 0. The second-order valence-corrected chi connectivity index (χ2v) is 3.61. The van der Waals surface area contributed by atoms with Gasteiger partial charge < -0.3 is 15.2 Å². The average Bonchev–Trinajstić information content (AvgIpc) is 2.65. The lowest BCUT2D eigenvalue weighted by Gasteiger charge is -2.02. The summed E-state index contributed by atoms with van der Waals surface area (Å²) in [6.07, 6.45) is 1.88. The van der Waals surface area contributed by atoms with Gasteiger partial charge in [0, 0.05) is 11.6 Å². The predicted octanol–water partition coefficient (Wildman–Crippen LogP) is 0.841. The fourth-order valence-electron chi connectivity index (χ4n) is 2.10. The van der Waals surface area contributed by atoms with Crippen molar-refractivity contribution in [1.82, 2.24) is 0 Å². The Morgan fingerprint density at radius 2 is 2.15 bits per heavy atom. The molecule has 1 heterocycles. The van der Waals surface area contributed by atoms with Gasteiger partial charge in [-0.05, 0) is 24.5 Å². The van der Waals surface area contributed by atoms with E-state index in [9.17, 15) is 0 Å². The van der Waals surface area contributed by atoms with Crippen LogP contribution < -0.4 is 15.2 Å². The van der Waals surface area contributed by atoms with E-state index in [2.05, 4.69) is 6.07 Å². The number of benzene rings is 1. The van der Waals surface area contributed by atoms with Crippen LogP contribution >= 0.6 is 0 Å². The molecule has 0 spiro atoms. The quantitative estimate of drug-likeness (QED) is 0.638. The molecule has 1 aromatic carbocycles. The predicted molar refractivity (Wildman–Crippen MR) is 47.9 cm³/mol. The standard InChI is InChI=1S/C10H11NO2/c11-7-3-6-1-2-9-10(8(6)4-7)13-5-12-9/h1-2,7H,3-5,11H2. The molecule has 3 rings (SSSR count). The monoisotopic (exact) mass is 177 g/mol. The first kappa shape index (κ1) is 7.21. The Bertz CT molecular complexity index is 362. The molecule has 0 fully saturated rings. The van der Waals surface area contributed by atoms with Gasteiger partial charge in [-0.2, -0.15) is 0 Å². The van der Waals surface area contributed by atoms with Gasteiger partial charge in [-0.15, -0.1) is 0 Å². The highest BCUT2D eigenvalue weighted by Crippen LogP contribution is 2.40. The highest BCUT2D eigenvalue weighted by atomic mass is 16.7. The summed E-state index contributed by atoms with van der Waals surface area (Å²) in [5.41, 5.74) is 8.45. The smallest absolute Gasteiger partial charge is 0.231 e. The van der Waals surface area contributed by atoms with Crippen molar-refractivity contribution in [3.05, 3.63) is 23.3 Å². The Kier molecular flexibility index (Phi) is 1.32. The van der Waals surface area contributed by atoms with Crippen LogP contribution in [0.25, 0.3) is 0 Å². The molecular formula is C10H11NO2. The van der Waals surface area contributed by atoms with Gasteiger partial charge in [0.1, 0.15) is 0 Å². The van der Waals surface area contributed by atoms with Crippen LogP contribution in [0, 0.1) is 0 Å². The number of hydrogen-bond acceptors (Lipinski definition) is 3. The molecule has 1 atom stereocenters. The third kappa shape index (κ3) is 0.937. The van der Waals surface area contributed by atoms with Crippen molar-refractivity contribution in [3.63, 3.8) is 0 Å². The first-order valence-electron chi connectivity index (χ1n) is 4.50. The third-order valence-corrected chi connectivity index (χ3v) is 2.69. The molecule has 2 aliphatic rings. The van der Waals surface area contributed by atoms with Crippen LogP contribution in [-0.2, 0) is 12.8 Å². The summed E-state index contributed by atoms with van der Waals surface area (Å²) in [5.74, 6) is 1.79. The van der Waals surface area contributed by atoms with Crippen molar-refractivity contribution in [1.29, 1.82) is 0 Å². The topological polar surface area (TPSA) is 44.5 Å². The second kappa shape index (κ2) is 2.39. The van der Waals surface area contributed by atoms with Crippen molar-refractivity contribution in [2.24, 2.45) is 5.73 Å². The molecule has 0 saturated heterocycles. The first-order chi connectivity index (χ1) is 6.34. The molecule has 68 valence electrons. The minimum Gasteiger partial charge on any atom is -0.454 e. The summed E-state index contributed by atoms with van der Waals surface area (Å²) >= 11 is 0. The number of fused-ring (bicyclic) bond motifs is 3. The van der Waals surface area contributed by atoms with Crippen molar-refractivity contribution in [2.45, 2.75) is 18.9 Å². The van der Waals surface area contributed by atoms with E-state index in [-0.39, 0.29) is 6.04 Å². The van der Waals surface area contributed by atoms with E-state index in [4.69, 9.17) is 15.2 Å². The van der Waals surface area contributed by atoms with Gasteiger partial charge in [-0.25, -0.2) is 0 Å². The lowest BCUT2D eigenvalue weighted by Crippen LogP contribution is -2.19. The lowest BCUT2D eigenvalue weighted by molar-refractivity contribution is 0.173. The second-order valence-electron chi connectivity index (χ2n) is 3.61. The van der Waals surface area contributed by atoms with Crippen LogP contribution in [0.3, 0.4) is 0 Å². The van der Waals surface area contributed by atoms with E-state index >= 15 is 0 Å². The van der Waals surface area contributed by atoms with E-state index in [1.54, 1.807) is 0 Å². The molecule has 1 unspecified atom stereocenters. The van der Waals surface area contributed by atoms with Crippen molar-refractivity contribution in [2.75, 3.05) is 6.79 Å². The molecule has 3 nitrogen and oxygen atoms in total. The van der Waals surface area contributed by atoms with E-state index in [0.717, 1.165) is 24.3 Å². The minimum absolute atomic E-state index is 0.255. The zero-order valence-electron chi connectivity index (χ0n) is 7.25. The Labute approximate surface area is 76.4 Å². The minimum atomic E-state index is 0.255. The Balaban J connectivity index is 2.16. The maximum atomic E-state index is 5.88. The summed E-state index contributed by atoms with van der Waals surface area (Å²) in [5, 5.41) is 0. The van der Waals surface area contributed by atoms with Gasteiger partial charge in [0.2, 0.25) is 6.79 Å². The summed E-state index contributed by atoms with van der Waals surface area (Å²) in [6.45, 7) is 0.348. The third-order valence-electron chi connectivity index (χ3n) is 2.69. The normalized spacial score (nSPS) is 23.3. The van der Waals surface area contributed by atoms with E-state index in [1.807, 2.05) is 6.07 Å².